The second-order valence-electron chi connectivity index (χ2n) is 10.7. The summed E-state index contributed by atoms with van der Waals surface area (Å²) in [5.74, 6) is -0.739. The van der Waals surface area contributed by atoms with Gasteiger partial charge in [-0.2, -0.15) is 0 Å². The van der Waals surface area contributed by atoms with E-state index in [4.69, 9.17) is 9.47 Å². The maximum atomic E-state index is 13.0. The van der Waals surface area contributed by atoms with Gasteiger partial charge in [-0.1, -0.05) is 30.3 Å². The van der Waals surface area contributed by atoms with E-state index in [1.54, 1.807) is 36.8 Å². The first kappa shape index (κ1) is 35.2. The molecule has 11 heteroatoms. The summed E-state index contributed by atoms with van der Waals surface area (Å²) in [6, 6.07) is 14.8. The molecule has 0 atom stereocenters. The van der Waals surface area contributed by atoms with Crippen LogP contribution in [0.5, 0.6) is 0 Å². The van der Waals surface area contributed by atoms with Crippen LogP contribution in [-0.2, 0) is 16.0 Å². The smallest absolute Gasteiger partial charge is 0.254 e. The fourth-order valence-electron chi connectivity index (χ4n) is 4.80. The summed E-state index contributed by atoms with van der Waals surface area (Å²) < 4.78 is 12.0. The van der Waals surface area contributed by atoms with Crippen molar-refractivity contribution in [1.29, 1.82) is 0 Å². The van der Waals surface area contributed by atoms with Crippen LogP contribution in [0.1, 0.15) is 59.0 Å². The van der Waals surface area contributed by atoms with Crippen molar-refractivity contribution in [2.24, 2.45) is 0 Å². The Morgan fingerprint density at radius 2 is 1.22 bits per heavy atom. The van der Waals surface area contributed by atoms with Gasteiger partial charge in [0.05, 0.1) is 26.4 Å². The quantitative estimate of drug-likeness (QED) is 0.170. The number of hydrogen-bond acceptors (Lipinski definition) is 7. The summed E-state index contributed by atoms with van der Waals surface area (Å²) >= 11 is 0. The fourth-order valence-corrected chi connectivity index (χ4v) is 4.80. The molecule has 0 bridgehead atoms. The minimum Gasteiger partial charge on any atom is -0.382 e. The van der Waals surface area contributed by atoms with Gasteiger partial charge in [0.1, 0.15) is 0 Å². The molecule has 0 fully saturated rings. The van der Waals surface area contributed by atoms with E-state index in [9.17, 15) is 19.2 Å². The van der Waals surface area contributed by atoms with E-state index in [-0.39, 0.29) is 23.3 Å². The minimum absolute atomic E-state index is 0.180. The molecule has 45 heavy (non-hydrogen) atoms. The molecule has 0 saturated carbocycles. The van der Waals surface area contributed by atoms with Crippen LogP contribution in [0.25, 0.3) is 0 Å². The van der Waals surface area contributed by atoms with E-state index in [1.807, 2.05) is 51.1 Å². The molecular weight excluding hydrogens is 574 g/mol. The number of hydrogen-bond donors (Lipinski definition) is 4. The summed E-state index contributed by atoms with van der Waals surface area (Å²) in [5.41, 5.74) is 4.85. The van der Waals surface area contributed by atoms with E-state index in [0.29, 0.717) is 81.3 Å². The number of nitrogens with one attached hydrogen (secondary N) is 4. The Kier molecular flexibility index (Phi) is 13.9. The van der Waals surface area contributed by atoms with Crippen LogP contribution in [0.3, 0.4) is 0 Å². The summed E-state index contributed by atoms with van der Waals surface area (Å²) in [5, 5.41) is 11.8. The number of carbonyl (C=O) groups excluding carboxylic acids is 3. The Morgan fingerprint density at radius 1 is 0.667 bits per heavy atom. The summed E-state index contributed by atoms with van der Waals surface area (Å²) in [6.45, 7) is 11.1. The lowest BCUT2D eigenvalue weighted by molar-refractivity contribution is 0.0692. The van der Waals surface area contributed by atoms with Gasteiger partial charge < -0.3 is 35.3 Å². The first-order valence-electron chi connectivity index (χ1n) is 15.1. The molecule has 242 valence electrons. The van der Waals surface area contributed by atoms with E-state index >= 15 is 0 Å². The molecular formula is C34H45N5O6. The number of methoxy groups -OCH3 is 1. The van der Waals surface area contributed by atoms with Gasteiger partial charge in [-0.3, -0.25) is 19.2 Å². The van der Waals surface area contributed by atoms with Gasteiger partial charge in [0.2, 0.25) is 0 Å². The predicted octanol–water partition coefficient (Wildman–Crippen LogP) is 2.27. The van der Waals surface area contributed by atoms with Gasteiger partial charge in [0.15, 0.2) is 0 Å². The lowest BCUT2D eigenvalue weighted by Crippen LogP contribution is -2.37. The van der Waals surface area contributed by atoms with Crippen LogP contribution < -0.4 is 26.8 Å². The highest BCUT2D eigenvalue weighted by Crippen LogP contribution is 2.18. The van der Waals surface area contributed by atoms with Crippen molar-refractivity contribution in [2.45, 2.75) is 34.2 Å². The Hall–Kier alpha value is -4.32. The molecule has 0 aliphatic rings. The summed E-state index contributed by atoms with van der Waals surface area (Å²) in [4.78, 5) is 51.2. The third-order valence-corrected chi connectivity index (χ3v) is 7.59. The van der Waals surface area contributed by atoms with E-state index in [2.05, 4.69) is 21.3 Å². The lowest BCUT2D eigenvalue weighted by atomic mass is 9.97. The average molecular weight is 620 g/mol. The van der Waals surface area contributed by atoms with Gasteiger partial charge in [-0.15, -0.1) is 0 Å². The number of aromatic nitrogens is 1. The van der Waals surface area contributed by atoms with Crippen LogP contribution in [0.4, 0.5) is 0 Å². The molecule has 1 heterocycles. The van der Waals surface area contributed by atoms with Gasteiger partial charge in [-0.25, -0.2) is 0 Å². The van der Waals surface area contributed by atoms with Crippen molar-refractivity contribution in [3.63, 3.8) is 0 Å². The standard InChI is InChI=1S/C34H45N5O6/c1-23-21-30(26(4)34(43)39(23)22-27-9-7-6-8-10-27)33(42)37-16-14-35-13-15-36-31(40)28-11-12-29(25(3)24(28)2)32(41)38-17-18-45-20-19-44-5/h6-12,21,35H,13-20,22H2,1-5H3,(H,36,40)(H,37,42)(H,38,41). The second kappa shape index (κ2) is 17.8. The van der Waals surface area contributed by atoms with Crippen LogP contribution in [0, 0.1) is 27.7 Å². The van der Waals surface area contributed by atoms with Crippen molar-refractivity contribution >= 4 is 17.7 Å². The average Bonchev–Trinajstić information content (AvgIpc) is 3.03. The Morgan fingerprint density at radius 3 is 1.80 bits per heavy atom. The Balaban J connectivity index is 1.40. The summed E-state index contributed by atoms with van der Waals surface area (Å²) in [6.07, 6.45) is 0. The predicted molar refractivity (Wildman–Crippen MR) is 174 cm³/mol. The molecule has 3 rings (SSSR count). The minimum atomic E-state index is -0.298. The number of rotatable bonds is 17. The molecule has 0 aliphatic heterocycles. The van der Waals surface area contributed by atoms with Crippen molar-refractivity contribution < 1.29 is 23.9 Å². The van der Waals surface area contributed by atoms with Crippen LogP contribution >= 0.6 is 0 Å². The molecule has 3 amide bonds. The molecule has 0 radical (unpaired) electrons. The van der Waals surface area contributed by atoms with E-state index < -0.39 is 0 Å². The number of amides is 3. The molecule has 0 unspecified atom stereocenters. The largest absolute Gasteiger partial charge is 0.382 e. The number of benzene rings is 2. The molecule has 0 aliphatic carbocycles. The SMILES string of the molecule is COCCOCCNC(=O)c1ccc(C(=O)NCCNCCNC(=O)c2cc(C)n(Cc3ccccc3)c(=O)c2C)c(C)c1C. The second-order valence-corrected chi connectivity index (χ2v) is 10.7. The number of aryl methyl sites for hydroxylation is 1. The van der Waals surface area contributed by atoms with Crippen molar-refractivity contribution in [1.82, 2.24) is 25.8 Å². The maximum absolute atomic E-state index is 13.0. The molecule has 3 aromatic rings. The van der Waals surface area contributed by atoms with Gasteiger partial charge in [0.25, 0.3) is 23.3 Å². The lowest BCUT2D eigenvalue weighted by Gasteiger charge is -2.15. The Bertz CT molecular complexity index is 1520. The van der Waals surface area contributed by atoms with E-state index in [0.717, 1.165) is 22.4 Å². The normalized spacial score (nSPS) is 10.9. The number of carbonyl (C=O) groups is 3. The topological polar surface area (TPSA) is 140 Å². The maximum Gasteiger partial charge on any atom is 0.254 e. The number of pyridine rings is 1. The van der Waals surface area contributed by atoms with Gasteiger partial charge in [0, 0.05) is 67.8 Å². The number of ether oxygens (including phenoxy) is 2. The molecule has 0 spiro atoms. The van der Waals surface area contributed by atoms with E-state index in [1.165, 1.54) is 0 Å². The third kappa shape index (κ3) is 10.1. The van der Waals surface area contributed by atoms with Crippen molar-refractivity contribution in [2.75, 3.05) is 59.7 Å². The zero-order valence-corrected chi connectivity index (χ0v) is 26.9. The highest BCUT2D eigenvalue weighted by Gasteiger charge is 2.17. The molecule has 2 aromatic carbocycles. The van der Waals surface area contributed by atoms with Gasteiger partial charge >= 0.3 is 0 Å². The summed E-state index contributed by atoms with van der Waals surface area (Å²) in [7, 11) is 1.60. The highest BCUT2D eigenvalue weighted by atomic mass is 16.5. The van der Waals surface area contributed by atoms with Crippen LogP contribution in [0.2, 0.25) is 0 Å². The Labute approximate surface area is 264 Å². The van der Waals surface area contributed by atoms with Gasteiger partial charge in [-0.05, 0) is 62.6 Å². The first-order valence-corrected chi connectivity index (χ1v) is 15.1. The monoisotopic (exact) mass is 619 g/mol. The van der Waals surface area contributed by atoms with Crippen LogP contribution in [-0.4, -0.2) is 81.9 Å². The fraction of sp³-hybridized carbons (Fsp3) is 0.412. The molecule has 4 N–H and O–H groups in total. The highest BCUT2D eigenvalue weighted by molar-refractivity contribution is 6.00. The molecule has 1 aromatic heterocycles. The number of nitrogens with zero attached hydrogens (tertiary/aromatic N) is 1. The molecule has 0 saturated heterocycles. The first-order chi connectivity index (χ1) is 21.6. The van der Waals surface area contributed by atoms with Crippen molar-refractivity contribution in [3.8, 4) is 0 Å². The van der Waals surface area contributed by atoms with Crippen molar-refractivity contribution in [3.05, 3.63) is 104 Å². The molecule has 11 nitrogen and oxygen atoms in total. The third-order valence-electron chi connectivity index (χ3n) is 7.59. The zero-order chi connectivity index (χ0) is 32.8. The van der Waals surface area contributed by atoms with Crippen LogP contribution in [0.15, 0.2) is 53.3 Å². The zero-order valence-electron chi connectivity index (χ0n) is 26.9.